The van der Waals surface area contributed by atoms with Gasteiger partial charge in [-0.25, -0.2) is 9.69 Å². The zero-order valence-corrected chi connectivity index (χ0v) is 13.3. The van der Waals surface area contributed by atoms with E-state index in [2.05, 4.69) is 10.3 Å². The summed E-state index contributed by atoms with van der Waals surface area (Å²) < 4.78 is 5.50. The third-order valence-corrected chi connectivity index (χ3v) is 3.25. The van der Waals surface area contributed by atoms with Gasteiger partial charge in [0.15, 0.2) is 0 Å². The molecule has 0 saturated carbocycles. The molecule has 24 heavy (non-hydrogen) atoms. The van der Waals surface area contributed by atoms with Crippen molar-refractivity contribution in [1.29, 1.82) is 5.41 Å². The fraction of sp³-hybridized carbons (Fsp3) is 0.235. The van der Waals surface area contributed by atoms with Gasteiger partial charge in [-0.15, -0.1) is 0 Å². The first-order valence-electron chi connectivity index (χ1n) is 7.62. The lowest BCUT2D eigenvalue weighted by atomic mass is 10.2. The molecule has 0 atom stereocenters. The summed E-state index contributed by atoms with van der Waals surface area (Å²) in [5.41, 5.74) is 7.12. The first kappa shape index (κ1) is 17.4. The second-order valence-electron chi connectivity index (χ2n) is 5.01. The number of nitrogens with one attached hydrogen (secondary N) is 2. The van der Waals surface area contributed by atoms with Gasteiger partial charge in [0.1, 0.15) is 0 Å². The van der Waals surface area contributed by atoms with E-state index in [0.29, 0.717) is 25.4 Å². The second-order valence-corrected chi connectivity index (χ2v) is 5.01. The summed E-state index contributed by atoms with van der Waals surface area (Å²) in [4.78, 5) is 17.1. The Kier molecular flexibility index (Phi) is 6.73. The molecule has 0 unspecified atom stereocenters. The highest BCUT2D eigenvalue weighted by Gasteiger charge is 2.18. The SMILES string of the molecule is N=C(N)N(C(=O)NCCOCCc1ccccc1)c1cccnc1. The van der Waals surface area contributed by atoms with Crippen LogP contribution in [0.1, 0.15) is 5.56 Å². The molecule has 0 aliphatic rings. The highest BCUT2D eigenvalue weighted by molar-refractivity contribution is 6.13. The molecule has 7 nitrogen and oxygen atoms in total. The zero-order valence-electron chi connectivity index (χ0n) is 13.3. The van der Waals surface area contributed by atoms with Gasteiger partial charge in [-0.1, -0.05) is 30.3 Å². The number of hydrogen-bond acceptors (Lipinski definition) is 4. The van der Waals surface area contributed by atoms with E-state index in [0.717, 1.165) is 11.3 Å². The molecule has 1 heterocycles. The third kappa shape index (κ3) is 5.36. The van der Waals surface area contributed by atoms with E-state index >= 15 is 0 Å². The number of carbonyl (C=O) groups is 1. The molecule has 2 rings (SSSR count). The van der Waals surface area contributed by atoms with Crippen molar-refractivity contribution in [3.63, 3.8) is 0 Å². The number of nitrogens with zero attached hydrogens (tertiary/aromatic N) is 2. The molecule has 1 aromatic carbocycles. The molecule has 0 aliphatic heterocycles. The number of benzene rings is 1. The Labute approximate surface area is 141 Å². The van der Waals surface area contributed by atoms with Crippen LogP contribution in [0.3, 0.4) is 0 Å². The van der Waals surface area contributed by atoms with E-state index in [4.69, 9.17) is 15.9 Å². The van der Waals surface area contributed by atoms with Gasteiger partial charge >= 0.3 is 6.03 Å². The Morgan fingerprint density at radius 1 is 1.21 bits per heavy atom. The Hall–Kier alpha value is -2.93. The van der Waals surface area contributed by atoms with Crippen LogP contribution >= 0.6 is 0 Å². The molecule has 126 valence electrons. The van der Waals surface area contributed by atoms with Crippen molar-refractivity contribution in [2.45, 2.75) is 6.42 Å². The maximum Gasteiger partial charge on any atom is 0.328 e. The minimum absolute atomic E-state index is 0.331. The van der Waals surface area contributed by atoms with Crippen molar-refractivity contribution in [3.8, 4) is 0 Å². The number of pyridine rings is 1. The normalized spacial score (nSPS) is 10.2. The molecule has 0 saturated heterocycles. The topological polar surface area (TPSA) is 104 Å². The van der Waals surface area contributed by atoms with Crippen molar-refractivity contribution >= 4 is 17.7 Å². The smallest absolute Gasteiger partial charge is 0.328 e. The van der Waals surface area contributed by atoms with Crippen LogP contribution in [-0.2, 0) is 11.2 Å². The minimum Gasteiger partial charge on any atom is -0.379 e. The van der Waals surface area contributed by atoms with Crippen LogP contribution in [0.2, 0.25) is 0 Å². The molecule has 2 aromatic rings. The number of anilines is 1. The van der Waals surface area contributed by atoms with E-state index in [-0.39, 0.29) is 5.96 Å². The van der Waals surface area contributed by atoms with Gasteiger partial charge in [-0.2, -0.15) is 0 Å². The molecule has 0 spiro atoms. The number of ether oxygens (including phenoxy) is 1. The number of rotatable bonds is 7. The first-order valence-corrected chi connectivity index (χ1v) is 7.62. The number of aromatic nitrogens is 1. The van der Waals surface area contributed by atoms with Crippen LogP contribution in [0.15, 0.2) is 54.9 Å². The highest BCUT2D eigenvalue weighted by Crippen LogP contribution is 2.10. The van der Waals surface area contributed by atoms with Crippen molar-refractivity contribution in [1.82, 2.24) is 10.3 Å². The van der Waals surface area contributed by atoms with E-state index in [1.807, 2.05) is 30.3 Å². The maximum atomic E-state index is 12.1. The standard InChI is InChI=1S/C17H21N5O2/c18-16(19)22(15-7-4-9-20-13-15)17(23)21-10-12-24-11-8-14-5-2-1-3-6-14/h1-7,9,13H,8,10-12H2,(H3,18,19)(H,21,23). The van der Waals surface area contributed by atoms with E-state index in [1.54, 1.807) is 18.3 Å². The van der Waals surface area contributed by atoms with E-state index < -0.39 is 6.03 Å². The minimum atomic E-state index is -0.484. The summed E-state index contributed by atoms with van der Waals surface area (Å²) in [6.45, 7) is 1.30. The number of guanidine groups is 1. The summed E-state index contributed by atoms with van der Waals surface area (Å²) in [5.74, 6) is -0.370. The monoisotopic (exact) mass is 327 g/mol. The molecular formula is C17H21N5O2. The van der Waals surface area contributed by atoms with Crippen molar-refractivity contribution in [2.75, 3.05) is 24.7 Å². The van der Waals surface area contributed by atoms with Gasteiger partial charge in [0.25, 0.3) is 0 Å². The average molecular weight is 327 g/mol. The average Bonchev–Trinajstić information content (AvgIpc) is 2.59. The summed E-state index contributed by atoms with van der Waals surface area (Å²) >= 11 is 0. The fourth-order valence-corrected chi connectivity index (χ4v) is 2.10. The molecule has 4 N–H and O–H groups in total. The number of nitrogens with two attached hydrogens (primary N) is 1. The Bertz CT molecular complexity index is 649. The second kappa shape index (κ2) is 9.26. The van der Waals surface area contributed by atoms with Gasteiger partial charge in [-0.3, -0.25) is 10.4 Å². The third-order valence-electron chi connectivity index (χ3n) is 3.25. The van der Waals surface area contributed by atoms with Crippen molar-refractivity contribution in [2.24, 2.45) is 5.73 Å². The maximum absolute atomic E-state index is 12.1. The lowest BCUT2D eigenvalue weighted by molar-refractivity contribution is 0.140. The van der Waals surface area contributed by atoms with Gasteiger partial charge in [0, 0.05) is 12.7 Å². The van der Waals surface area contributed by atoms with Gasteiger partial charge in [-0.05, 0) is 24.1 Å². The predicted octanol–water partition coefficient (Wildman–Crippen LogP) is 1.75. The predicted molar refractivity (Wildman–Crippen MR) is 93.0 cm³/mol. The van der Waals surface area contributed by atoms with Crippen LogP contribution in [0, 0.1) is 5.41 Å². The molecule has 0 bridgehead atoms. The lowest BCUT2D eigenvalue weighted by Crippen LogP contribution is -2.48. The molecule has 1 aromatic heterocycles. The number of carbonyl (C=O) groups excluding carboxylic acids is 1. The van der Waals surface area contributed by atoms with Gasteiger partial charge in [0.05, 0.1) is 25.1 Å². The molecule has 0 fully saturated rings. The summed E-state index contributed by atoms with van der Waals surface area (Å²) in [7, 11) is 0. The van der Waals surface area contributed by atoms with Crippen LogP contribution in [-0.4, -0.2) is 36.7 Å². The molecule has 0 radical (unpaired) electrons. The van der Waals surface area contributed by atoms with E-state index in [1.165, 1.54) is 11.8 Å². The Morgan fingerprint density at radius 3 is 2.67 bits per heavy atom. The largest absolute Gasteiger partial charge is 0.379 e. The number of urea groups is 1. The van der Waals surface area contributed by atoms with Crippen LogP contribution in [0.25, 0.3) is 0 Å². The Morgan fingerprint density at radius 2 is 2.00 bits per heavy atom. The van der Waals surface area contributed by atoms with Gasteiger partial charge in [0.2, 0.25) is 5.96 Å². The van der Waals surface area contributed by atoms with Crippen LogP contribution < -0.4 is 16.0 Å². The van der Waals surface area contributed by atoms with Crippen molar-refractivity contribution < 1.29 is 9.53 Å². The first-order chi connectivity index (χ1) is 11.7. The molecular weight excluding hydrogens is 306 g/mol. The zero-order chi connectivity index (χ0) is 17.2. The van der Waals surface area contributed by atoms with Crippen LogP contribution in [0.5, 0.6) is 0 Å². The van der Waals surface area contributed by atoms with Gasteiger partial charge < -0.3 is 15.8 Å². The molecule has 0 aliphatic carbocycles. The lowest BCUT2D eigenvalue weighted by Gasteiger charge is -2.20. The summed E-state index contributed by atoms with van der Waals surface area (Å²) in [6.07, 6.45) is 3.88. The quantitative estimate of drug-likeness (QED) is 0.409. The van der Waals surface area contributed by atoms with Crippen molar-refractivity contribution in [3.05, 3.63) is 60.4 Å². The fourth-order valence-electron chi connectivity index (χ4n) is 2.10. The summed E-state index contributed by atoms with van der Waals surface area (Å²) in [5, 5.41) is 10.2. The Balaban J connectivity index is 1.71. The number of amides is 2. The molecule has 2 amide bonds. The number of hydrogen-bond donors (Lipinski definition) is 3. The molecule has 7 heteroatoms. The van der Waals surface area contributed by atoms with Crippen LogP contribution in [0.4, 0.5) is 10.5 Å². The highest BCUT2D eigenvalue weighted by atomic mass is 16.5. The summed E-state index contributed by atoms with van der Waals surface area (Å²) in [6, 6.07) is 12.9. The van der Waals surface area contributed by atoms with E-state index in [9.17, 15) is 4.79 Å².